The zero-order chi connectivity index (χ0) is 22.6. The number of hydrogen-bond acceptors (Lipinski definition) is 4. The molecule has 0 unspecified atom stereocenters. The minimum absolute atomic E-state index is 0.00364. The lowest BCUT2D eigenvalue weighted by atomic mass is 9.81. The molecular formula is C26H33N5O2. The fraction of sp³-hybridized carbons (Fsp3) is 0.500. The van der Waals surface area contributed by atoms with Crippen LogP contribution in [0.4, 0.5) is 16.3 Å². The molecule has 0 spiro atoms. The zero-order valence-electron chi connectivity index (χ0n) is 19.2. The summed E-state index contributed by atoms with van der Waals surface area (Å²) in [7, 11) is 0. The molecule has 1 saturated heterocycles. The number of piperazine rings is 1. The number of pyridine rings is 1. The zero-order valence-corrected chi connectivity index (χ0v) is 19.2. The van der Waals surface area contributed by atoms with Gasteiger partial charge in [0.2, 0.25) is 5.91 Å². The molecule has 7 heteroatoms. The Morgan fingerprint density at radius 3 is 2.45 bits per heavy atom. The summed E-state index contributed by atoms with van der Waals surface area (Å²) in [5, 5.41) is 3.07. The SMILES string of the molecule is O=C1Nc2ccccc2CCN1CC1CCC(C(=O)N2CCN(c3ccccn3)CC2)CC1. The molecule has 1 aromatic carbocycles. The Bertz CT molecular complexity index is 966. The van der Waals surface area contributed by atoms with E-state index in [2.05, 4.69) is 21.3 Å². The van der Waals surface area contributed by atoms with E-state index in [1.165, 1.54) is 5.56 Å². The van der Waals surface area contributed by atoms with Crippen molar-refractivity contribution in [2.24, 2.45) is 11.8 Å². The van der Waals surface area contributed by atoms with Gasteiger partial charge in [0, 0.05) is 57.1 Å². The molecule has 2 aliphatic heterocycles. The molecular weight excluding hydrogens is 414 g/mol. The van der Waals surface area contributed by atoms with Crippen molar-refractivity contribution in [1.29, 1.82) is 0 Å². The van der Waals surface area contributed by atoms with Crippen LogP contribution in [-0.2, 0) is 11.2 Å². The maximum atomic E-state index is 13.1. The van der Waals surface area contributed by atoms with Gasteiger partial charge in [0.15, 0.2) is 0 Å². The highest BCUT2D eigenvalue weighted by atomic mass is 16.2. The Balaban J connectivity index is 1.08. The van der Waals surface area contributed by atoms with Crippen LogP contribution in [0, 0.1) is 11.8 Å². The van der Waals surface area contributed by atoms with Crippen LogP contribution in [0.3, 0.4) is 0 Å². The number of amides is 3. The van der Waals surface area contributed by atoms with Crippen LogP contribution in [0.2, 0.25) is 0 Å². The number of benzene rings is 1. The second kappa shape index (κ2) is 9.81. The van der Waals surface area contributed by atoms with Crippen LogP contribution in [0.15, 0.2) is 48.7 Å². The lowest BCUT2D eigenvalue weighted by Crippen LogP contribution is -2.51. The Morgan fingerprint density at radius 1 is 0.939 bits per heavy atom. The minimum Gasteiger partial charge on any atom is -0.353 e. The van der Waals surface area contributed by atoms with Crippen molar-refractivity contribution in [3.63, 3.8) is 0 Å². The Morgan fingerprint density at radius 2 is 1.70 bits per heavy atom. The van der Waals surface area contributed by atoms with Crippen molar-refractivity contribution in [3.05, 3.63) is 54.2 Å². The predicted octanol–water partition coefficient (Wildman–Crippen LogP) is 3.63. The van der Waals surface area contributed by atoms with E-state index in [1.807, 2.05) is 52.4 Å². The van der Waals surface area contributed by atoms with Gasteiger partial charge in [-0.15, -0.1) is 0 Å². The summed E-state index contributed by atoms with van der Waals surface area (Å²) in [6.07, 6.45) is 6.59. The van der Waals surface area contributed by atoms with Gasteiger partial charge in [-0.1, -0.05) is 24.3 Å². The van der Waals surface area contributed by atoms with Crippen LogP contribution >= 0.6 is 0 Å². The largest absolute Gasteiger partial charge is 0.353 e. The minimum atomic E-state index is 0.00364. The molecule has 3 heterocycles. The third kappa shape index (κ3) is 4.97. The highest BCUT2D eigenvalue weighted by Gasteiger charge is 2.32. The third-order valence-corrected chi connectivity index (χ3v) is 7.44. The van der Waals surface area contributed by atoms with E-state index in [4.69, 9.17) is 0 Å². The van der Waals surface area contributed by atoms with E-state index in [0.29, 0.717) is 11.8 Å². The number of para-hydroxylation sites is 1. The van der Waals surface area contributed by atoms with Gasteiger partial charge in [-0.25, -0.2) is 9.78 Å². The van der Waals surface area contributed by atoms with E-state index >= 15 is 0 Å². The van der Waals surface area contributed by atoms with E-state index < -0.39 is 0 Å². The summed E-state index contributed by atoms with van der Waals surface area (Å²) < 4.78 is 0. The fourth-order valence-electron chi connectivity index (χ4n) is 5.44. The number of hydrogen-bond donors (Lipinski definition) is 1. The van der Waals surface area contributed by atoms with Gasteiger partial charge in [-0.3, -0.25) is 4.79 Å². The summed E-state index contributed by atoms with van der Waals surface area (Å²) in [6.45, 7) is 4.74. The maximum absolute atomic E-state index is 13.1. The number of fused-ring (bicyclic) bond motifs is 1. The lowest BCUT2D eigenvalue weighted by Gasteiger charge is -2.38. The summed E-state index contributed by atoms with van der Waals surface area (Å²) in [5.41, 5.74) is 2.13. The summed E-state index contributed by atoms with van der Waals surface area (Å²) in [4.78, 5) is 36.5. The average Bonchev–Trinajstić information content (AvgIpc) is 3.03. The molecule has 0 radical (unpaired) electrons. The molecule has 1 saturated carbocycles. The second-order valence-corrected chi connectivity index (χ2v) is 9.50. The van der Waals surface area contributed by atoms with Gasteiger partial charge >= 0.3 is 6.03 Å². The third-order valence-electron chi connectivity index (χ3n) is 7.44. The molecule has 1 aliphatic carbocycles. The van der Waals surface area contributed by atoms with E-state index in [-0.39, 0.29) is 11.9 Å². The highest BCUT2D eigenvalue weighted by molar-refractivity contribution is 5.91. The Labute approximate surface area is 195 Å². The van der Waals surface area contributed by atoms with Crippen molar-refractivity contribution in [3.8, 4) is 0 Å². The van der Waals surface area contributed by atoms with Crippen molar-refractivity contribution in [2.75, 3.05) is 49.5 Å². The molecule has 2 aromatic rings. The average molecular weight is 448 g/mol. The molecule has 1 aromatic heterocycles. The molecule has 5 rings (SSSR count). The smallest absolute Gasteiger partial charge is 0.321 e. The number of urea groups is 1. The van der Waals surface area contributed by atoms with Gasteiger partial charge < -0.3 is 20.0 Å². The number of carbonyl (C=O) groups excluding carboxylic acids is 2. The summed E-state index contributed by atoms with van der Waals surface area (Å²) in [6, 6.07) is 14.0. The number of rotatable bonds is 4. The van der Waals surface area contributed by atoms with Crippen molar-refractivity contribution < 1.29 is 9.59 Å². The number of nitrogens with one attached hydrogen (secondary N) is 1. The van der Waals surface area contributed by atoms with Crippen LogP contribution in [0.1, 0.15) is 31.2 Å². The molecule has 0 atom stereocenters. The van der Waals surface area contributed by atoms with E-state index in [1.54, 1.807) is 0 Å². The summed E-state index contributed by atoms with van der Waals surface area (Å²) >= 11 is 0. The Kier molecular flexibility index (Phi) is 6.46. The molecule has 174 valence electrons. The van der Waals surface area contributed by atoms with Gasteiger partial charge in [0.1, 0.15) is 5.82 Å². The molecule has 1 N–H and O–H groups in total. The van der Waals surface area contributed by atoms with E-state index in [9.17, 15) is 9.59 Å². The molecule has 7 nitrogen and oxygen atoms in total. The van der Waals surface area contributed by atoms with Gasteiger partial charge in [0.05, 0.1) is 0 Å². The molecule has 2 fully saturated rings. The number of aromatic nitrogens is 1. The van der Waals surface area contributed by atoms with Crippen LogP contribution in [-0.4, -0.2) is 66.0 Å². The first-order valence-electron chi connectivity index (χ1n) is 12.3. The van der Waals surface area contributed by atoms with E-state index in [0.717, 1.165) is 82.9 Å². The van der Waals surface area contributed by atoms with Crippen molar-refractivity contribution in [2.45, 2.75) is 32.1 Å². The quantitative estimate of drug-likeness (QED) is 0.777. The van der Waals surface area contributed by atoms with Crippen molar-refractivity contribution >= 4 is 23.4 Å². The van der Waals surface area contributed by atoms with Gasteiger partial charge in [0.25, 0.3) is 0 Å². The topological polar surface area (TPSA) is 68.8 Å². The Hall–Kier alpha value is -3.09. The first-order chi connectivity index (χ1) is 16.2. The molecule has 33 heavy (non-hydrogen) atoms. The predicted molar refractivity (Wildman–Crippen MR) is 129 cm³/mol. The lowest BCUT2D eigenvalue weighted by molar-refractivity contribution is -0.137. The van der Waals surface area contributed by atoms with Crippen molar-refractivity contribution in [1.82, 2.24) is 14.8 Å². The monoisotopic (exact) mass is 447 g/mol. The van der Waals surface area contributed by atoms with Gasteiger partial charge in [-0.2, -0.15) is 0 Å². The second-order valence-electron chi connectivity index (χ2n) is 9.50. The number of anilines is 2. The molecule has 3 aliphatic rings. The first kappa shape index (κ1) is 21.7. The molecule has 0 bridgehead atoms. The normalized spacial score (nSPS) is 23.5. The van der Waals surface area contributed by atoms with Gasteiger partial charge in [-0.05, 0) is 61.8 Å². The van der Waals surface area contributed by atoms with Crippen LogP contribution < -0.4 is 10.2 Å². The van der Waals surface area contributed by atoms with Crippen LogP contribution in [0.5, 0.6) is 0 Å². The van der Waals surface area contributed by atoms with Crippen LogP contribution in [0.25, 0.3) is 0 Å². The maximum Gasteiger partial charge on any atom is 0.321 e. The number of carbonyl (C=O) groups is 2. The highest BCUT2D eigenvalue weighted by Crippen LogP contribution is 2.32. The summed E-state index contributed by atoms with van der Waals surface area (Å²) in [5.74, 6) is 1.91. The number of nitrogens with zero attached hydrogens (tertiary/aromatic N) is 4. The molecule has 3 amide bonds. The fourth-order valence-corrected chi connectivity index (χ4v) is 5.44. The standard InChI is InChI=1S/C26H33N5O2/c32-25(30-17-15-29(16-18-30)24-7-3-4-13-27-24)22-10-8-20(9-11-22)19-31-14-12-21-5-1-2-6-23(21)28-26(31)33/h1-7,13,20,22H,8-12,14-19H2,(H,28,33). The first-order valence-corrected chi connectivity index (χ1v) is 12.3.